The monoisotopic (exact) mass is 249 g/mol. The summed E-state index contributed by atoms with van der Waals surface area (Å²) in [5.74, 6) is 0.120. The zero-order chi connectivity index (χ0) is 13.7. The van der Waals surface area contributed by atoms with Crippen molar-refractivity contribution < 1.29 is 4.79 Å². The van der Waals surface area contributed by atoms with Crippen molar-refractivity contribution in [2.45, 2.75) is 26.8 Å². The first-order valence-corrected chi connectivity index (χ1v) is 6.31. The Morgan fingerprint density at radius 2 is 2.06 bits per heavy atom. The van der Waals surface area contributed by atoms with Gasteiger partial charge in [0.2, 0.25) is 5.91 Å². The van der Waals surface area contributed by atoms with E-state index in [2.05, 4.69) is 0 Å². The van der Waals surface area contributed by atoms with Crippen LogP contribution in [0.2, 0.25) is 0 Å². The molecule has 4 heteroatoms. The van der Waals surface area contributed by atoms with E-state index in [1.54, 1.807) is 4.90 Å². The lowest BCUT2D eigenvalue weighted by Crippen LogP contribution is -2.41. The molecule has 0 spiro atoms. The van der Waals surface area contributed by atoms with Crippen molar-refractivity contribution in [1.82, 2.24) is 4.90 Å². The number of hydrogen-bond donors (Lipinski definition) is 1. The Balaban J connectivity index is 2.76. The lowest BCUT2D eigenvalue weighted by molar-refractivity contribution is -0.129. The van der Waals surface area contributed by atoms with Crippen molar-refractivity contribution in [3.05, 3.63) is 24.3 Å². The maximum Gasteiger partial charge on any atom is 0.242 e. The summed E-state index contributed by atoms with van der Waals surface area (Å²) in [5, 5.41) is 0. The Hall–Kier alpha value is -1.71. The van der Waals surface area contributed by atoms with Crippen LogP contribution in [-0.2, 0) is 4.79 Å². The summed E-state index contributed by atoms with van der Waals surface area (Å²) in [7, 11) is 1.83. The molecule has 0 bridgehead atoms. The number of nitrogens with zero attached hydrogens (tertiary/aromatic N) is 2. The summed E-state index contributed by atoms with van der Waals surface area (Å²) in [6.45, 7) is 7.21. The summed E-state index contributed by atoms with van der Waals surface area (Å²) in [6.07, 6.45) is 0. The number of amides is 1. The average Bonchev–Trinajstić information content (AvgIpc) is 2.34. The topological polar surface area (TPSA) is 49.6 Å². The van der Waals surface area contributed by atoms with Crippen LogP contribution in [0.3, 0.4) is 0 Å². The van der Waals surface area contributed by atoms with E-state index in [-0.39, 0.29) is 11.9 Å². The van der Waals surface area contributed by atoms with E-state index in [4.69, 9.17) is 5.73 Å². The number of nitrogens with two attached hydrogens (primary N) is 1. The Morgan fingerprint density at radius 3 is 2.56 bits per heavy atom. The first-order valence-electron chi connectivity index (χ1n) is 6.31. The molecule has 0 radical (unpaired) electrons. The van der Waals surface area contributed by atoms with Crippen LogP contribution in [0.1, 0.15) is 20.8 Å². The highest BCUT2D eigenvalue weighted by Gasteiger charge is 2.15. The van der Waals surface area contributed by atoms with Crippen molar-refractivity contribution >= 4 is 17.3 Å². The SMILES string of the molecule is CCN(CC(=O)N(C)C(C)C)c1cccc(N)c1. The number of likely N-dealkylation sites (N-methyl/N-ethyl adjacent to an activating group) is 2. The van der Waals surface area contributed by atoms with Crippen LogP contribution in [0.4, 0.5) is 11.4 Å². The van der Waals surface area contributed by atoms with E-state index in [1.165, 1.54) is 0 Å². The summed E-state index contributed by atoms with van der Waals surface area (Å²) >= 11 is 0. The molecule has 0 saturated carbocycles. The number of nitrogen functional groups attached to an aromatic ring is 1. The van der Waals surface area contributed by atoms with Crippen molar-refractivity contribution in [1.29, 1.82) is 0 Å². The molecule has 1 aromatic rings. The largest absolute Gasteiger partial charge is 0.399 e. The van der Waals surface area contributed by atoms with Crippen molar-refractivity contribution in [2.75, 3.05) is 30.8 Å². The number of benzene rings is 1. The molecule has 0 aliphatic carbocycles. The van der Waals surface area contributed by atoms with Gasteiger partial charge < -0.3 is 15.5 Å². The number of carbonyl (C=O) groups excluding carboxylic acids is 1. The zero-order valence-corrected chi connectivity index (χ0v) is 11.7. The second-order valence-corrected chi connectivity index (χ2v) is 4.71. The molecule has 2 N–H and O–H groups in total. The van der Waals surface area contributed by atoms with Gasteiger partial charge in [-0.15, -0.1) is 0 Å². The molecule has 4 nitrogen and oxygen atoms in total. The molecule has 1 rings (SSSR count). The average molecular weight is 249 g/mol. The Labute approximate surface area is 109 Å². The second kappa shape index (κ2) is 6.28. The third-order valence-corrected chi connectivity index (χ3v) is 3.11. The zero-order valence-electron chi connectivity index (χ0n) is 11.7. The van der Waals surface area contributed by atoms with Crippen LogP contribution in [-0.4, -0.2) is 37.0 Å². The Morgan fingerprint density at radius 1 is 1.39 bits per heavy atom. The number of hydrogen-bond acceptors (Lipinski definition) is 3. The van der Waals surface area contributed by atoms with Gasteiger partial charge in [-0.05, 0) is 39.0 Å². The standard InChI is InChI=1S/C14H23N3O/c1-5-17(10-14(18)16(4)11(2)3)13-8-6-7-12(15)9-13/h6-9,11H,5,10,15H2,1-4H3. The molecule has 0 atom stereocenters. The maximum atomic E-state index is 12.1. The lowest BCUT2D eigenvalue weighted by atomic mass is 10.2. The molecule has 0 aromatic heterocycles. The Kier molecular flexibility index (Phi) is 5.01. The van der Waals surface area contributed by atoms with Crippen LogP contribution in [0.25, 0.3) is 0 Å². The quantitative estimate of drug-likeness (QED) is 0.812. The van der Waals surface area contributed by atoms with E-state index in [9.17, 15) is 4.79 Å². The van der Waals surface area contributed by atoms with E-state index in [0.717, 1.165) is 17.9 Å². The highest BCUT2D eigenvalue weighted by Crippen LogP contribution is 2.17. The fraction of sp³-hybridized carbons (Fsp3) is 0.500. The van der Waals surface area contributed by atoms with E-state index in [0.29, 0.717) is 6.54 Å². The lowest BCUT2D eigenvalue weighted by Gasteiger charge is -2.28. The minimum absolute atomic E-state index is 0.120. The molecule has 0 aliphatic rings. The highest BCUT2D eigenvalue weighted by molar-refractivity contribution is 5.81. The van der Waals surface area contributed by atoms with Gasteiger partial charge in [0.05, 0.1) is 6.54 Å². The van der Waals surface area contributed by atoms with Crippen LogP contribution in [0, 0.1) is 0 Å². The van der Waals surface area contributed by atoms with E-state index < -0.39 is 0 Å². The van der Waals surface area contributed by atoms with Crippen LogP contribution in [0.5, 0.6) is 0 Å². The fourth-order valence-corrected chi connectivity index (χ4v) is 1.67. The molecule has 1 aromatic carbocycles. The summed E-state index contributed by atoms with van der Waals surface area (Å²) in [6, 6.07) is 7.84. The van der Waals surface area contributed by atoms with E-state index in [1.807, 2.05) is 57.0 Å². The molecule has 0 fully saturated rings. The van der Waals surface area contributed by atoms with Gasteiger partial charge in [0.15, 0.2) is 0 Å². The minimum Gasteiger partial charge on any atom is -0.399 e. The normalized spacial score (nSPS) is 10.5. The fourth-order valence-electron chi connectivity index (χ4n) is 1.67. The number of carbonyl (C=O) groups is 1. The van der Waals surface area contributed by atoms with Gasteiger partial charge in [-0.1, -0.05) is 6.07 Å². The number of anilines is 2. The smallest absolute Gasteiger partial charge is 0.242 e. The minimum atomic E-state index is 0.120. The first kappa shape index (κ1) is 14.4. The first-order chi connectivity index (χ1) is 8.45. The molecule has 0 unspecified atom stereocenters. The summed E-state index contributed by atoms with van der Waals surface area (Å²) in [5.41, 5.74) is 7.47. The van der Waals surface area contributed by atoms with Crippen molar-refractivity contribution in [3.63, 3.8) is 0 Å². The predicted molar refractivity (Wildman–Crippen MR) is 76.6 cm³/mol. The molecule has 100 valence electrons. The molecular formula is C14H23N3O. The van der Waals surface area contributed by atoms with Gasteiger partial charge in [0, 0.05) is 31.0 Å². The predicted octanol–water partition coefficient (Wildman–Crippen LogP) is 1.96. The van der Waals surface area contributed by atoms with Crippen molar-refractivity contribution in [3.8, 4) is 0 Å². The third-order valence-electron chi connectivity index (χ3n) is 3.11. The second-order valence-electron chi connectivity index (χ2n) is 4.71. The van der Waals surface area contributed by atoms with Gasteiger partial charge in [-0.25, -0.2) is 0 Å². The molecule has 1 amide bonds. The molecule has 18 heavy (non-hydrogen) atoms. The molecule has 0 heterocycles. The van der Waals surface area contributed by atoms with Gasteiger partial charge >= 0.3 is 0 Å². The third kappa shape index (κ3) is 3.65. The van der Waals surface area contributed by atoms with Crippen LogP contribution >= 0.6 is 0 Å². The molecular weight excluding hydrogens is 226 g/mol. The maximum absolute atomic E-state index is 12.1. The highest BCUT2D eigenvalue weighted by atomic mass is 16.2. The molecule has 0 saturated heterocycles. The van der Waals surface area contributed by atoms with Gasteiger partial charge in [0.1, 0.15) is 0 Å². The van der Waals surface area contributed by atoms with Crippen LogP contribution in [0.15, 0.2) is 24.3 Å². The number of rotatable bonds is 5. The van der Waals surface area contributed by atoms with Gasteiger partial charge in [-0.2, -0.15) is 0 Å². The van der Waals surface area contributed by atoms with Gasteiger partial charge in [-0.3, -0.25) is 4.79 Å². The van der Waals surface area contributed by atoms with Crippen molar-refractivity contribution in [2.24, 2.45) is 0 Å². The van der Waals surface area contributed by atoms with E-state index >= 15 is 0 Å². The van der Waals surface area contributed by atoms with Gasteiger partial charge in [0.25, 0.3) is 0 Å². The molecule has 0 aliphatic heterocycles. The summed E-state index contributed by atoms with van der Waals surface area (Å²) in [4.78, 5) is 15.8. The summed E-state index contributed by atoms with van der Waals surface area (Å²) < 4.78 is 0. The Bertz CT molecular complexity index is 404. The van der Waals surface area contributed by atoms with Crippen LogP contribution < -0.4 is 10.6 Å².